The lowest BCUT2D eigenvalue weighted by molar-refractivity contribution is -0.143. The molecule has 0 fully saturated rings. The van der Waals surface area contributed by atoms with Gasteiger partial charge in [0.05, 0.1) is 13.7 Å². The first kappa shape index (κ1) is 15.9. The predicted octanol–water partition coefficient (Wildman–Crippen LogP) is 1.07. The highest BCUT2D eigenvalue weighted by molar-refractivity contribution is 5.69. The average Bonchev–Trinajstić information content (AvgIpc) is 2.44. The second kappa shape index (κ2) is 8.89. The first-order valence-corrected chi connectivity index (χ1v) is 6.63. The van der Waals surface area contributed by atoms with Crippen molar-refractivity contribution in [1.82, 2.24) is 15.0 Å². The highest BCUT2D eigenvalue weighted by Gasteiger charge is 2.06. The fourth-order valence-electron chi connectivity index (χ4n) is 1.43. The number of esters is 1. The normalized spacial score (nSPS) is 9.95. The highest BCUT2D eigenvalue weighted by Crippen LogP contribution is 2.10. The molecule has 8 heteroatoms. The number of hydrogen-bond donors (Lipinski definition) is 2. The minimum absolute atomic E-state index is 0.198. The van der Waals surface area contributed by atoms with Gasteiger partial charge in [0.15, 0.2) is 0 Å². The zero-order chi connectivity index (χ0) is 14.8. The van der Waals surface area contributed by atoms with Gasteiger partial charge in [-0.05, 0) is 20.3 Å². The zero-order valence-corrected chi connectivity index (χ0v) is 12.1. The summed E-state index contributed by atoms with van der Waals surface area (Å²) < 4.78 is 9.85. The van der Waals surface area contributed by atoms with Crippen LogP contribution in [0, 0.1) is 0 Å². The number of anilines is 2. The van der Waals surface area contributed by atoms with Crippen molar-refractivity contribution in [2.45, 2.75) is 26.7 Å². The van der Waals surface area contributed by atoms with E-state index >= 15 is 0 Å². The summed E-state index contributed by atoms with van der Waals surface area (Å²) in [4.78, 5) is 23.5. The number of ether oxygens (including phenoxy) is 2. The van der Waals surface area contributed by atoms with Crippen LogP contribution >= 0.6 is 0 Å². The number of hydrogen-bond acceptors (Lipinski definition) is 8. The third-order valence-electron chi connectivity index (χ3n) is 2.28. The Morgan fingerprint density at radius 2 is 1.85 bits per heavy atom. The van der Waals surface area contributed by atoms with Gasteiger partial charge in [0.2, 0.25) is 11.9 Å². The average molecular weight is 283 g/mol. The Hall–Kier alpha value is -2.12. The van der Waals surface area contributed by atoms with Crippen LogP contribution in [-0.4, -0.2) is 47.7 Å². The molecular weight excluding hydrogens is 262 g/mol. The van der Waals surface area contributed by atoms with E-state index in [-0.39, 0.29) is 12.0 Å². The Kier molecular flexibility index (Phi) is 7.08. The predicted molar refractivity (Wildman–Crippen MR) is 74.9 cm³/mol. The summed E-state index contributed by atoms with van der Waals surface area (Å²) in [5.41, 5.74) is 0. The molecule has 1 aromatic heterocycles. The molecule has 2 N–H and O–H groups in total. The topological polar surface area (TPSA) is 98.3 Å². The maximum atomic E-state index is 11.2. The number of carbonyl (C=O) groups excluding carboxylic acids is 1. The van der Waals surface area contributed by atoms with Gasteiger partial charge in [-0.3, -0.25) is 4.79 Å². The van der Waals surface area contributed by atoms with Crippen LogP contribution in [0.2, 0.25) is 0 Å². The van der Waals surface area contributed by atoms with E-state index in [2.05, 4.69) is 25.6 Å². The van der Waals surface area contributed by atoms with Gasteiger partial charge in [0.25, 0.3) is 0 Å². The van der Waals surface area contributed by atoms with Crippen molar-refractivity contribution in [3.8, 4) is 6.01 Å². The van der Waals surface area contributed by atoms with Crippen molar-refractivity contribution < 1.29 is 14.3 Å². The lowest BCUT2D eigenvalue weighted by Crippen LogP contribution is -2.12. The second-order valence-electron chi connectivity index (χ2n) is 3.84. The molecule has 0 aliphatic heterocycles. The monoisotopic (exact) mass is 283 g/mol. The molecule has 0 radical (unpaired) electrons. The summed E-state index contributed by atoms with van der Waals surface area (Å²) in [6.07, 6.45) is 1.01. The first-order valence-electron chi connectivity index (χ1n) is 6.63. The highest BCUT2D eigenvalue weighted by atomic mass is 16.5. The Balaban J connectivity index is 2.46. The van der Waals surface area contributed by atoms with Crippen LogP contribution < -0.4 is 15.4 Å². The molecular formula is C12H21N5O3. The molecule has 0 saturated carbocycles. The summed E-state index contributed by atoms with van der Waals surface area (Å²) in [6.45, 7) is 5.41. The number of rotatable bonds is 9. The summed E-state index contributed by atoms with van der Waals surface area (Å²) in [6, 6.07) is 0.240. The Morgan fingerprint density at radius 3 is 2.45 bits per heavy atom. The van der Waals surface area contributed by atoms with Gasteiger partial charge in [-0.2, -0.15) is 15.0 Å². The Labute approximate surface area is 118 Å². The van der Waals surface area contributed by atoms with Gasteiger partial charge < -0.3 is 20.1 Å². The quantitative estimate of drug-likeness (QED) is 0.513. The number of nitrogens with one attached hydrogen (secondary N) is 2. The second-order valence-corrected chi connectivity index (χ2v) is 3.84. The van der Waals surface area contributed by atoms with Crippen LogP contribution in [0.3, 0.4) is 0 Å². The summed E-state index contributed by atoms with van der Waals surface area (Å²) >= 11 is 0. The molecule has 20 heavy (non-hydrogen) atoms. The zero-order valence-electron chi connectivity index (χ0n) is 12.1. The number of aromatic nitrogens is 3. The standard InChI is InChI=1S/C12H21N5O3/c1-4-13-10-15-11(17-12(16-10)19-3)14-8-6-7-9(18)20-5-2/h4-8H2,1-3H3,(H2,13,14,15,16,17). The molecule has 0 unspecified atom stereocenters. The molecule has 0 aliphatic rings. The van der Waals surface area contributed by atoms with Gasteiger partial charge in [-0.15, -0.1) is 0 Å². The lowest BCUT2D eigenvalue weighted by atomic mass is 10.3. The van der Waals surface area contributed by atoms with E-state index in [0.717, 1.165) is 0 Å². The van der Waals surface area contributed by atoms with Gasteiger partial charge in [-0.25, -0.2) is 0 Å². The SMILES string of the molecule is CCNc1nc(NCCCC(=O)OCC)nc(OC)n1. The summed E-state index contributed by atoms with van der Waals surface area (Å²) in [5.74, 6) is 0.666. The van der Waals surface area contributed by atoms with Crippen molar-refractivity contribution >= 4 is 17.9 Å². The van der Waals surface area contributed by atoms with E-state index in [1.165, 1.54) is 7.11 Å². The maximum Gasteiger partial charge on any atom is 0.322 e. The minimum Gasteiger partial charge on any atom is -0.467 e. The molecule has 1 rings (SSSR count). The van der Waals surface area contributed by atoms with Gasteiger partial charge in [0, 0.05) is 19.5 Å². The van der Waals surface area contributed by atoms with Crippen molar-refractivity contribution in [3.63, 3.8) is 0 Å². The van der Waals surface area contributed by atoms with Crippen LogP contribution in [0.1, 0.15) is 26.7 Å². The molecule has 0 aliphatic carbocycles. The van der Waals surface area contributed by atoms with Gasteiger partial charge in [-0.1, -0.05) is 0 Å². The van der Waals surface area contributed by atoms with Crippen LogP contribution in [0.15, 0.2) is 0 Å². The minimum atomic E-state index is -0.198. The van der Waals surface area contributed by atoms with E-state index in [1.807, 2.05) is 6.92 Å². The molecule has 1 heterocycles. The summed E-state index contributed by atoms with van der Waals surface area (Å²) in [7, 11) is 1.50. The number of carbonyl (C=O) groups is 1. The maximum absolute atomic E-state index is 11.2. The van der Waals surface area contributed by atoms with E-state index in [1.54, 1.807) is 6.92 Å². The van der Waals surface area contributed by atoms with Crippen LogP contribution in [0.25, 0.3) is 0 Å². The van der Waals surface area contributed by atoms with E-state index in [4.69, 9.17) is 9.47 Å². The molecule has 0 bridgehead atoms. The van der Waals surface area contributed by atoms with Crippen molar-refractivity contribution in [1.29, 1.82) is 0 Å². The van der Waals surface area contributed by atoms with Crippen molar-refractivity contribution in [3.05, 3.63) is 0 Å². The van der Waals surface area contributed by atoms with E-state index in [0.29, 0.717) is 44.4 Å². The molecule has 1 aromatic rings. The smallest absolute Gasteiger partial charge is 0.322 e. The fourth-order valence-corrected chi connectivity index (χ4v) is 1.43. The van der Waals surface area contributed by atoms with Crippen LogP contribution in [-0.2, 0) is 9.53 Å². The Morgan fingerprint density at radius 1 is 1.15 bits per heavy atom. The van der Waals surface area contributed by atoms with E-state index in [9.17, 15) is 4.79 Å². The van der Waals surface area contributed by atoms with Crippen LogP contribution in [0.5, 0.6) is 6.01 Å². The van der Waals surface area contributed by atoms with Crippen LogP contribution in [0.4, 0.5) is 11.9 Å². The van der Waals surface area contributed by atoms with Crippen molar-refractivity contribution in [2.24, 2.45) is 0 Å². The summed E-state index contributed by atoms with van der Waals surface area (Å²) in [5, 5.41) is 6.02. The Bertz CT molecular complexity index is 428. The third kappa shape index (κ3) is 5.68. The molecule has 0 saturated heterocycles. The molecule has 0 atom stereocenters. The van der Waals surface area contributed by atoms with Gasteiger partial charge >= 0.3 is 12.0 Å². The lowest BCUT2D eigenvalue weighted by Gasteiger charge is -2.08. The van der Waals surface area contributed by atoms with Crippen molar-refractivity contribution in [2.75, 3.05) is 37.4 Å². The van der Waals surface area contributed by atoms with Gasteiger partial charge in [0.1, 0.15) is 0 Å². The first-order chi connectivity index (χ1) is 9.69. The molecule has 0 aromatic carbocycles. The molecule has 0 spiro atoms. The van der Waals surface area contributed by atoms with E-state index < -0.39 is 0 Å². The molecule has 112 valence electrons. The third-order valence-corrected chi connectivity index (χ3v) is 2.28. The number of nitrogens with zero attached hydrogens (tertiary/aromatic N) is 3. The fraction of sp³-hybridized carbons (Fsp3) is 0.667. The molecule has 8 nitrogen and oxygen atoms in total. The number of methoxy groups -OCH3 is 1. The largest absolute Gasteiger partial charge is 0.467 e. The molecule has 0 amide bonds.